The first-order valence-electron chi connectivity index (χ1n) is 21.3. The molecule has 0 saturated carbocycles. The molecule has 0 amide bonds. The van der Waals surface area contributed by atoms with Gasteiger partial charge < -0.3 is 20.0 Å². The molecule has 13 nitrogen and oxygen atoms in total. The minimum Gasteiger partial charge on any atom is -0.376 e. The summed E-state index contributed by atoms with van der Waals surface area (Å²) in [6, 6.07) is 36.1. The van der Waals surface area contributed by atoms with Crippen molar-refractivity contribution in [3.63, 3.8) is 0 Å². The van der Waals surface area contributed by atoms with Crippen LogP contribution in [-0.4, -0.2) is 116 Å². The number of likely N-dealkylation sites (N-methyl/N-ethyl adjacent to an activating group) is 1. The fraction of sp³-hybridized carbons (Fsp3) is 0.319. The predicted octanol–water partition coefficient (Wildman–Crippen LogP) is 8.58. The smallest absolute Gasteiger partial charge is 0.293 e. The summed E-state index contributed by atoms with van der Waals surface area (Å²) in [5, 5.41) is 17.1. The fourth-order valence-electron chi connectivity index (χ4n) is 8.22. The highest BCUT2D eigenvalue weighted by atomic mass is 35.5. The maximum atomic E-state index is 13.9. The number of piperazine rings is 2. The van der Waals surface area contributed by atoms with E-state index < -0.39 is 14.9 Å². The molecule has 8 rings (SSSR count). The van der Waals surface area contributed by atoms with Gasteiger partial charge in [-0.1, -0.05) is 66.2 Å². The molecule has 0 radical (unpaired) electrons. The van der Waals surface area contributed by atoms with Gasteiger partial charge in [-0.05, 0) is 97.7 Å². The van der Waals surface area contributed by atoms with Crippen molar-refractivity contribution in [3.8, 4) is 11.1 Å². The van der Waals surface area contributed by atoms with Gasteiger partial charge in [-0.25, -0.2) is 18.4 Å². The van der Waals surface area contributed by atoms with Crippen LogP contribution < -0.4 is 14.9 Å². The molecule has 0 bridgehead atoms. The normalized spacial score (nSPS) is 15.9. The number of sulfonamides is 1. The van der Waals surface area contributed by atoms with Crippen molar-refractivity contribution in [2.24, 2.45) is 0 Å². The van der Waals surface area contributed by atoms with Crippen molar-refractivity contribution in [2.75, 3.05) is 86.6 Å². The Morgan fingerprint density at radius 1 is 0.825 bits per heavy atom. The Kier molecular flexibility index (Phi) is 14.4. The number of hydrogen-bond donors (Lipinski definition) is 2. The van der Waals surface area contributed by atoms with Crippen LogP contribution in [0, 0.1) is 10.1 Å². The van der Waals surface area contributed by atoms with E-state index in [1.807, 2.05) is 60.7 Å². The fourth-order valence-corrected chi connectivity index (χ4v) is 10.5. The summed E-state index contributed by atoms with van der Waals surface area (Å²) in [5.41, 5.74) is 5.04. The van der Waals surface area contributed by atoms with E-state index in [4.69, 9.17) is 11.6 Å². The molecule has 5 aromatic carbocycles. The van der Waals surface area contributed by atoms with E-state index in [0.717, 1.165) is 106 Å². The monoisotopic (exact) mass is 905 g/mol. The Morgan fingerprint density at radius 2 is 1.56 bits per heavy atom. The molecular weight excluding hydrogens is 854 g/mol. The zero-order valence-electron chi connectivity index (χ0n) is 35.3. The van der Waals surface area contributed by atoms with Crippen LogP contribution in [-0.2, 0) is 16.6 Å². The molecule has 63 heavy (non-hydrogen) atoms. The maximum Gasteiger partial charge on any atom is 0.293 e. The van der Waals surface area contributed by atoms with Gasteiger partial charge in [0.05, 0.1) is 15.3 Å². The molecule has 2 saturated heterocycles. The zero-order valence-corrected chi connectivity index (χ0v) is 37.7. The summed E-state index contributed by atoms with van der Waals surface area (Å²) in [5.74, 6) is 0.778. The van der Waals surface area contributed by atoms with Crippen LogP contribution in [0.2, 0.25) is 5.02 Å². The summed E-state index contributed by atoms with van der Waals surface area (Å²) < 4.78 is 30.3. The van der Waals surface area contributed by atoms with Gasteiger partial charge in [-0.2, -0.15) is 0 Å². The lowest BCUT2D eigenvalue weighted by Gasteiger charge is -2.36. The first-order valence-corrected chi connectivity index (χ1v) is 24.1. The Balaban J connectivity index is 0.929. The first kappa shape index (κ1) is 44.3. The molecule has 0 aliphatic carbocycles. The van der Waals surface area contributed by atoms with Gasteiger partial charge in [0.15, 0.2) is 5.82 Å². The molecule has 2 N–H and O–H groups in total. The van der Waals surface area contributed by atoms with Crippen LogP contribution in [0.4, 0.5) is 22.9 Å². The van der Waals surface area contributed by atoms with Gasteiger partial charge in [0.2, 0.25) is 0 Å². The highest BCUT2D eigenvalue weighted by molar-refractivity contribution is 7.99. The average molecular weight is 907 g/mol. The number of halogens is 1. The SMILES string of the molecule is CN1CCN(CCCC(CSc2ccccc2)Nc2ccc(S(=O)(=O)Nc3ncnc4cc(N5CCN(Cc6cc(Cl)ccc6-c6ccccc6)CC5)ccc34)cc2[N+](=O)[O-])CC1. The quantitative estimate of drug-likeness (QED) is 0.0515. The minimum absolute atomic E-state index is 0.0925. The second-order valence-electron chi connectivity index (χ2n) is 16.1. The van der Waals surface area contributed by atoms with Crippen molar-refractivity contribution in [2.45, 2.75) is 35.2 Å². The number of aromatic nitrogens is 2. The molecule has 16 heteroatoms. The molecular formula is C47H52ClN9O4S2. The van der Waals surface area contributed by atoms with Gasteiger partial charge in [0, 0.05) is 97.8 Å². The van der Waals surface area contributed by atoms with Crippen LogP contribution in [0.1, 0.15) is 18.4 Å². The number of nitro benzene ring substituents is 1. The van der Waals surface area contributed by atoms with E-state index in [1.165, 1.54) is 29.6 Å². The number of fused-ring (bicyclic) bond motifs is 1. The van der Waals surface area contributed by atoms with E-state index in [-0.39, 0.29) is 28.1 Å². The van der Waals surface area contributed by atoms with E-state index in [0.29, 0.717) is 16.7 Å². The van der Waals surface area contributed by atoms with Gasteiger partial charge >= 0.3 is 0 Å². The Bertz CT molecular complexity index is 2610. The second kappa shape index (κ2) is 20.5. The first-order chi connectivity index (χ1) is 30.6. The van der Waals surface area contributed by atoms with E-state index in [2.05, 4.69) is 83.1 Å². The molecule has 1 atom stereocenters. The number of rotatable bonds is 17. The Hall–Kier alpha value is -5.29. The topological polar surface area (TPSA) is 140 Å². The predicted molar refractivity (Wildman–Crippen MR) is 256 cm³/mol. The summed E-state index contributed by atoms with van der Waals surface area (Å²) in [6.45, 7) is 9.14. The molecule has 328 valence electrons. The standard InChI is InChI=1S/C47H52ClN9O4S2/c1-53-21-23-54(24-22-53)20-8-11-38(33-62-40-12-6-3-7-13-40)51-44-19-16-41(31-46(44)57(58)59)63(60,61)52-47-43-18-15-39(30-45(43)49-34-50-47)56-27-25-55(26-28-56)32-36-29-37(48)14-17-42(36)35-9-4-2-5-10-35/h2-7,9-10,12-19,29-31,34,38,51H,8,11,20-28,32-33H2,1H3,(H,49,50,52). The van der Waals surface area contributed by atoms with Gasteiger partial charge in [0.25, 0.3) is 15.7 Å². The van der Waals surface area contributed by atoms with E-state index in [1.54, 1.807) is 11.8 Å². The average Bonchev–Trinajstić information content (AvgIpc) is 3.29. The largest absolute Gasteiger partial charge is 0.376 e. The molecule has 3 heterocycles. The molecule has 0 spiro atoms. The second-order valence-corrected chi connectivity index (χ2v) is 19.4. The number of benzene rings is 5. The van der Waals surface area contributed by atoms with E-state index >= 15 is 0 Å². The third-order valence-corrected chi connectivity index (χ3v) is 14.5. The summed E-state index contributed by atoms with van der Waals surface area (Å²) in [4.78, 5) is 31.1. The van der Waals surface area contributed by atoms with Crippen LogP contribution in [0.15, 0.2) is 131 Å². The lowest BCUT2D eigenvalue weighted by molar-refractivity contribution is -0.384. The highest BCUT2D eigenvalue weighted by Gasteiger charge is 2.26. The van der Waals surface area contributed by atoms with Crippen LogP contribution >= 0.6 is 23.4 Å². The molecule has 1 aromatic heterocycles. The van der Waals surface area contributed by atoms with Crippen LogP contribution in [0.5, 0.6) is 0 Å². The van der Waals surface area contributed by atoms with Gasteiger partial charge in [0.1, 0.15) is 12.0 Å². The lowest BCUT2D eigenvalue weighted by atomic mass is 9.99. The number of anilines is 3. The minimum atomic E-state index is -4.28. The van der Waals surface area contributed by atoms with Gasteiger partial charge in [-0.15, -0.1) is 11.8 Å². The molecule has 2 aliphatic rings. The number of nitro groups is 1. The van der Waals surface area contributed by atoms with Crippen molar-refractivity contribution in [3.05, 3.63) is 142 Å². The molecule has 2 fully saturated rings. The molecule has 1 unspecified atom stereocenters. The van der Waals surface area contributed by atoms with Gasteiger partial charge in [-0.3, -0.25) is 19.7 Å². The number of thioether (sulfide) groups is 1. The van der Waals surface area contributed by atoms with Crippen molar-refractivity contribution in [1.82, 2.24) is 24.7 Å². The number of nitrogens with one attached hydrogen (secondary N) is 2. The molecule has 6 aromatic rings. The van der Waals surface area contributed by atoms with Crippen LogP contribution in [0.25, 0.3) is 22.0 Å². The third kappa shape index (κ3) is 11.5. The number of hydrogen-bond acceptors (Lipinski definition) is 12. The maximum absolute atomic E-state index is 13.9. The highest BCUT2D eigenvalue weighted by Crippen LogP contribution is 2.33. The van der Waals surface area contributed by atoms with Crippen LogP contribution in [0.3, 0.4) is 0 Å². The molecule has 2 aliphatic heterocycles. The zero-order chi connectivity index (χ0) is 43.8. The Labute approximate surface area is 378 Å². The lowest BCUT2D eigenvalue weighted by Crippen LogP contribution is -2.46. The van der Waals surface area contributed by atoms with Crippen molar-refractivity contribution >= 4 is 67.2 Å². The number of nitrogens with zero attached hydrogens (tertiary/aromatic N) is 7. The Morgan fingerprint density at radius 3 is 2.30 bits per heavy atom. The summed E-state index contributed by atoms with van der Waals surface area (Å²) in [7, 11) is -2.14. The van der Waals surface area contributed by atoms with Crippen molar-refractivity contribution < 1.29 is 13.3 Å². The van der Waals surface area contributed by atoms with Crippen molar-refractivity contribution in [1.29, 1.82) is 0 Å². The third-order valence-electron chi connectivity index (χ3n) is 11.8. The summed E-state index contributed by atoms with van der Waals surface area (Å²) in [6.07, 6.45) is 3.04. The summed E-state index contributed by atoms with van der Waals surface area (Å²) >= 11 is 8.13. The van der Waals surface area contributed by atoms with E-state index in [9.17, 15) is 18.5 Å².